The molecule has 1 N–H and O–H groups in total. The van der Waals surface area contributed by atoms with Gasteiger partial charge in [-0.25, -0.2) is 9.07 Å². The number of nitrogens with zero attached hydrogens (tertiary/aromatic N) is 3. The Balaban J connectivity index is 2.19. The number of hydrogen-bond acceptors (Lipinski definition) is 4. The SMILES string of the molecule is Cc1cc(-c2nn(CC(C)C)c(=O)c(N3CCNCC3)c2C)ccc1F. The zero-order valence-electron chi connectivity index (χ0n) is 16.0. The molecule has 0 saturated carbocycles. The Morgan fingerprint density at radius 3 is 2.54 bits per heavy atom. The van der Waals surface area contributed by atoms with Crippen LogP contribution in [0.2, 0.25) is 0 Å². The van der Waals surface area contributed by atoms with Crippen molar-refractivity contribution < 1.29 is 4.39 Å². The van der Waals surface area contributed by atoms with E-state index in [9.17, 15) is 9.18 Å². The summed E-state index contributed by atoms with van der Waals surface area (Å²) >= 11 is 0. The lowest BCUT2D eigenvalue weighted by molar-refractivity contribution is 0.462. The fourth-order valence-corrected chi connectivity index (χ4v) is 3.43. The molecule has 6 heteroatoms. The van der Waals surface area contributed by atoms with Crippen LogP contribution in [0.25, 0.3) is 11.3 Å². The first kappa shape index (κ1) is 18.6. The van der Waals surface area contributed by atoms with E-state index in [1.165, 1.54) is 6.07 Å². The summed E-state index contributed by atoms with van der Waals surface area (Å²) in [7, 11) is 0. The molecule has 26 heavy (non-hydrogen) atoms. The maximum atomic E-state index is 13.7. The average Bonchev–Trinajstić information content (AvgIpc) is 2.61. The maximum absolute atomic E-state index is 13.7. The molecule has 1 aliphatic rings. The molecule has 1 saturated heterocycles. The summed E-state index contributed by atoms with van der Waals surface area (Å²) in [5, 5.41) is 7.97. The van der Waals surface area contributed by atoms with Gasteiger partial charge in [-0.05, 0) is 43.5 Å². The molecular formula is C20H27FN4O. The van der Waals surface area contributed by atoms with Gasteiger partial charge in [-0.3, -0.25) is 4.79 Å². The van der Waals surface area contributed by atoms with Gasteiger partial charge in [0.2, 0.25) is 0 Å². The molecule has 0 unspecified atom stereocenters. The van der Waals surface area contributed by atoms with E-state index in [1.807, 2.05) is 6.92 Å². The van der Waals surface area contributed by atoms with Crippen LogP contribution in [-0.4, -0.2) is 36.0 Å². The van der Waals surface area contributed by atoms with Crippen molar-refractivity contribution in [2.45, 2.75) is 34.2 Å². The number of anilines is 1. The van der Waals surface area contributed by atoms with E-state index in [0.717, 1.165) is 48.7 Å². The summed E-state index contributed by atoms with van der Waals surface area (Å²) in [6, 6.07) is 5.01. The Morgan fingerprint density at radius 1 is 1.23 bits per heavy atom. The highest BCUT2D eigenvalue weighted by molar-refractivity contribution is 5.70. The molecule has 1 aliphatic heterocycles. The molecule has 0 radical (unpaired) electrons. The van der Waals surface area contributed by atoms with Crippen molar-refractivity contribution in [3.63, 3.8) is 0 Å². The molecule has 2 heterocycles. The van der Waals surface area contributed by atoms with Crippen LogP contribution in [0.15, 0.2) is 23.0 Å². The monoisotopic (exact) mass is 358 g/mol. The predicted octanol–water partition coefficient (Wildman–Crippen LogP) is 2.73. The molecule has 2 aromatic rings. The summed E-state index contributed by atoms with van der Waals surface area (Å²) in [4.78, 5) is 15.3. The predicted molar refractivity (Wildman–Crippen MR) is 103 cm³/mol. The van der Waals surface area contributed by atoms with Gasteiger partial charge in [-0.15, -0.1) is 0 Å². The summed E-state index contributed by atoms with van der Waals surface area (Å²) in [6.07, 6.45) is 0. The molecule has 140 valence electrons. The molecule has 1 fully saturated rings. The van der Waals surface area contributed by atoms with Gasteiger partial charge in [0.05, 0.1) is 5.69 Å². The minimum atomic E-state index is -0.232. The van der Waals surface area contributed by atoms with Gasteiger partial charge in [0.1, 0.15) is 11.5 Å². The van der Waals surface area contributed by atoms with E-state index in [-0.39, 0.29) is 11.4 Å². The lowest BCUT2D eigenvalue weighted by Gasteiger charge is -2.31. The van der Waals surface area contributed by atoms with E-state index in [1.54, 1.807) is 23.7 Å². The highest BCUT2D eigenvalue weighted by atomic mass is 19.1. The second-order valence-corrected chi connectivity index (χ2v) is 7.40. The molecule has 0 amide bonds. The van der Waals surface area contributed by atoms with Crippen molar-refractivity contribution in [2.75, 3.05) is 31.1 Å². The third kappa shape index (κ3) is 3.65. The van der Waals surface area contributed by atoms with Gasteiger partial charge in [0.15, 0.2) is 0 Å². The van der Waals surface area contributed by atoms with Crippen molar-refractivity contribution in [1.29, 1.82) is 0 Å². The summed E-state index contributed by atoms with van der Waals surface area (Å²) < 4.78 is 15.3. The van der Waals surface area contributed by atoms with Crippen molar-refractivity contribution in [3.8, 4) is 11.3 Å². The number of aromatic nitrogens is 2. The Labute approximate surface area is 153 Å². The summed E-state index contributed by atoms with van der Waals surface area (Å²) in [6.45, 7) is 11.7. The lowest BCUT2D eigenvalue weighted by atomic mass is 10.0. The number of hydrogen-bond donors (Lipinski definition) is 1. The number of nitrogens with one attached hydrogen (secondary N) is 1. The molecule has 0 aliphatic carbocycles. The average molecular weight is 358 g/mol. The number of aryl methyl sites for hydroxylation is 1. The van der Waals surface area contributed by atoms with Gasteiger partial charge in [-0.2, -0.15) is 5.10 Å². The highest BCUT2D eigenvalue weighted by Gasteiger charge is 2.22. The molecule has 0 spiro atoms. The largest absolute Gasteiger partial charge is 0.364 e. The lowest BCUT2D eigenvalue weighted by Crippen LogP contribution is -2.47. The molecule has 1 aromatic carbocycles. The second kappa shape index (κ2) is 7.58. The minimum absolute atomic E-state index is 0.0410. The molecule has 5 nitrogen and oxygen atoms in total. The van der Waals surface area contributed by atoms with Gasteiger partial charge in [0, 0.05) is 43.9 Å². The quantitative estimate of drug-likeness (QED) is 0.913. The fraction of sp³-hybridized carbons (Fsp3) is 0.500. The van der Waals surface area contributed by atoms with Crippen molar-refractivity contribution >= 4 is 5.69 Å². The van der Waals surface area contributed by atoms with Gasteiger partial charge in [0.25, 0.3) is 5.56 Å². The number of piperazine rings is 1. The zero-order valence-corrected chi connectivity index (χ0v) is 16.0. The number of benzene rings is 1. The molecular weight excluding hydrogens is 331 g/mol. The van der Waals surface area contributed by atoms with Crippen LogP contribution in [-0.2, 0) is 6.54 Å². The zero-order chi connectivity index (χ0) is 18.8. The van der Waals surface area contributed by atoms with Crippen LogP contribution < -0.4 is 15.8 Å². The van der Waals surface area contributed by atoms with Gasteiger partial charge in [-0.1, -0.05) is 13.8 Å². The highest BCUT2D eigenvalue weighted by Crippen LogP contribution is 2.28. The van der Waals surface area contributed by atoms with Crippen molar-refractivity contribution in [3.05, 3.63) is 45.5 Å². The van der Waals surface area contributed by atoms with Crippen LogP contribution in [0.5, 0.6) is 0 Å². The first-order chi connectivity index (χ1) is 12.4. The topological polar surface area (TPSA) is 50.2 Å². The molecule has 1 aromatic heterocycles. The normalized spacial score (nSPS) is 14.9. The third-order valence-electron chi connectivity index (χ3n) is 4.77. The van der Waals surface area contributed by atoms with E-state index in [4.69, 9.17) is 0 Å². The van der Waals surface area contributed by atoms with Crippen LogP contribution in [0.1, 0.15) is 25.0 Å². The Morgan fingerprint density at radius 2 is 1.92 bits per heavy atom. The number of rotatable bonds is 4. The van der Waals surface area contributed by atoms with Crippen molar-refractivity contribution in [1.82, 2.24) is 15.1 Å². The van der Waals surface area contributed by atoms with Crippen molar-refractivity contribution in [2.24, 2.45) is 5.92 Å². The smallest absolute Gasteiger partial charge is 0.290 e. The molecule has 0 atom stereocenters. The Kier molecular flexibility index (Phi) is 5.41. The van der Waals surface area contributed by atoms with Crippen LogP contribution >= 0.6 is 0 Å². The van der Waals surface area contributed by atoms with E-state index < -0.39 is 0 Å². The first-order valence-corrected chi connectivity index (χ1v) is 9.22. The van der Waals surface area contributed by atoms with Crippen LogP contribution in [0.4, 0.5) is 10.1 Å². The standard InChI is InChI=1S/C20H27FN4O/c1-13(2)12-25-20(26)19(24-9-7-22-8-10-24)15(4)18(23-25)16-5-6-17(21)14(3)11-16/h5-6,11,13,22H,7-10,12H2,1-4H3. The Hall–Kier alpha value is -2.21. The third-order valence-corrected chi connectivity index (χ3v) is 4.77. The van der Waals surface area contributed by atoms with E-state index in [2.05, 4.69) is 29.2 Å². The summed E-state index contributed by atoms with van der Waals surface area (Å²) in [5.41, 5.74) is 3.72. The van der Waals surface area contributed by atoms with Gasteiger partial charge >= 0.3 is 0 Å². The fourth-order valence-electron chi connectivity index (χ4n) is 3.43. The minimum Gasteiger partial charge on any atom is -0.364 e. The Bertz CT molecular complexity index is 854. The van der Waals surface area contributed by atoms with E-state index >= 15 is 0 Å². The maximum Gasteiger partial charge on any atom is 0.290 e. The van der Waals surface area contributed by atoms with Crippen LogP contribution in [0.3, 0.4) is 0 Å². The second-order valence-electron chi connectivity index (χ2n) is 7.40. The van der Waals surface area contributed by atoms with Gasteiger partial charge < -0.3 is 10.2 Å². The first-order valence-electron chi connectivity index (χ1n) is 9.22. The molecule has 3 rings (SSSR count). The number of halogens is 1. The molecule has 0 bridgehead atoms. The summed E-state index contributed by atoms with van der Waals surface area (Å²) in [5.74, 6) is 0.0748. The van der Waals surface area contributed by atoms with E-state index in [0.29, 0.717) is 18.0 Å². The van der Waals surface area contributed by atoms with Crippen LogP contribution in [0, 0.1) is 25.6 Å².